The van der Waals surface area contributed by atoms with Crippen LogP contribution in [-0.2, 0) is 9.53 Å². The van der Waals surface area contributed by atoms with Gasteiger partial charge in [-0.1, -0.05) is 28.1 Å². The van der Waals surface area contributed by atoms with E-state index in [0.717, 1.165) is 10.0 Å². The lowest BCUT2D eigenvalue weighted by molar-refractivity contribution is -0.129. The van der Waals surface area contributed by atoms with Crippen LogP contribution in [0.25, 0.3) is 6.08 Å². The van der Waals surface area contributed by atoms with Gasteiger partial charge in [0.1, 0.15) is 0 Å². The van der Waals surface area contributed by atoms with E-state index in [9.17, 15) is 4.79 Å². The standard InChI is InChI=1S/C18H14BrNO4/c1-22-15-5-3-4-12(16(15)23-2)10-14-18(21)24-17(20-14)11-6-8-13(19)9-7-11/h3-10H,1-2H3. The van der Waals surface area contributed by atoms with Gasteiger partial charge in [-0.3, -0.25) is 0 Å². The summed E-state index contributed by atoms with van der Waals surface area (Å²) in [4.78, 5) is 16.4. The van der Waals surface area contributed by atoms with Crippen LogP contribution in [0.3, 0.4) is 0 Å². The summed E-state index contributed by atoms with van der Waals surface area (Å²) in [6.07, 6.45) is 1.62. The molecule has 1 aliphatic heterocycles. The molecule has 0 spiro atoms. The molecule has 0 amide bonds. The molecule has 3 rings (SSSR count). The fourth-order valence-corrected chi connectivity index (χ4v) is 2.56. The van der Waals surface area contributed by atoms with Crippen molar-refractivity contribution in [3.8, 4) is 11.5 Å². The number of methoxy groups -OCH3 is 2. The van der Waals surface area contributed by atoms with Gasteiger partial charge in [0.2, 0.25) is 5.90 Å². The first-order chi connectivity index (χ1) is 11.6. The summed E-state index contributed by atoms with van der Waals surface area (Å²) in [5.41, 5.74) is 1.62. The van der Waals surface area contributed by atoms with Crippen LogP contribution >= 0.6 is 15.9 Å². The third-order valence-electron chi connectivity index (χ3n) is 3.44. The van der Waals surface area contributed by atoms with E-state index >= 15 is 0 Å². The second-order valence-electron chi connectivity index (χ2n) is 4.93. The number of ether oxygens (including phenoxy) is 3. The minimum atomic E-state index is -0.502. The normalized spacial score (nSPS) is 15.2. The van der Waals surface area contributed by atoms with Crippen molar-refractivity contribution in [3.63, 3.8) is 0 Å². The number of benzene rings is 2. The molecule has 6 heteroatoms. The number of rotatable bonds is 4. The van der Waals surface area contributed by atoms with Gasteiger partial charge in [0.25, 0.3) is 0 Å². The predicted molar refractivity (Wildman–Crippen MR) is 94.3 cm³/mol. The van der Waals surface area contributed by atoms with Gasteiger partial charge >= 0.3 is 5.97 Å². The lowest BCUT2D eigenvalue weighted by atomic mass is 10.1. The van der Waals surface area contributed by atoms with Crippen molar-refractivity contribution < 1.29 is 19.0 Å². The Hall–Kier alpha value is -2.60. The van der Waals surface area contributed by atoms with E-state index in [-0.39, 0.29) is 11.6 Å². The molecule has 122 valence electrons. The zero-order chi connectivity index (χ0) is 17.1. The van der Waals surface area contributed by atoms with Crippen LogP contribution < -0.4 is 9.47 Å². The molecule has 0 bridgehead atoms. The highest BCUT2D eigenvalue weighted by atomic mass is 79.9. The summed E-state index contributed by atoms with van der Waals surface area (Å²) < 4.78 is 16.8. The fraction of sp³-hybridized carbons (Fsp3) is 0.111. The number of aliphatic imine (C=N–C) groups is 1. The Morgan fingerprint density at radius 3 is 2.50 bits per heavy atom. The Labute approximate surface area is 147 Å². The zero-order valence-corrected chi connectivity index (χ0v) is 14.7. The minimum Gasteiger partial charge on any atom is -0.493 e. The molecule has 1 aliphatic rings. The number of nitrogens with zero attached hydrogens (tertiary/aromatic N) is 1. The Morgan fingerprint density at radius 1 is 1.08 bits per heavy atom. The number of hydrogen-bond acceptors (Lipinski definition) is 5. The Balaban J connectivity index is 1.99. The first kappa shape index (κ1) is 16.3. The Kier molecular flexibility index (Phi) is 4.66. The summed E-state index contributed by atoms with van der Waals surface area (Å²) in [6, 6.07) is 12.8. The average Bonchev–Trinajstić information content (AvgIpc) is 2.96. The first-order valence-corrected chi connectivity index (χ1v) is 7.91. The monoisotopic (exact) mass is 387 g/mol. The van der Waals surface area contributed by atoms with Crippen molar-refractivity contribution in [2.24, 2.45) is 4.99 Å². The van der Waals surface area contributed by atoms with E-state index in [2.05, 4.69) is 20.9 Å². The lowest BCUT2D eigenvalue weighted by Crippen LogP contribution is -2.05. The van der Waals surface area contributed by atoms with Gasteiger partial charge < -0.3 is 14.2 Å². The molecule has 0 aliphatic carbocycles. The highest BCUT2D eigenvalue weighted by Gasteiger charge is 2.24. The van der Waals surface area contributed by atoms with Crippen molar-refractivity contribution in [2.45, 2.75) is 0 Å². The number of carbonyl (C=O) groups excluding carboxylic acids is 1. The predicted octanol–water partition coefficient (Wildman–Crippen LogP) is 3.81. The van der Waals surface area contributed by atoms with E-state index in [1.165, 1.54) is 0 Å². The molecule has 0 saturated carbocycles. The van der Waals surface area contributed by atoms with Crippen LogP contribution in [0.5, 0.6) is 11.5 Å². The summed E-state index contributed by atoms with van der Waals surface area (Å²) >= 11 is 3.37. The molecule has 0 unspecified atom stereocenters. The van der Waals surface area contributed by atoms with E-state index in [4.69, 9.17) is 14.2 Å². The number of hydrogen-bond donors (Lipinski definition) is 0. The molecule has 24 heavy (non-hydrogen) atoms. The van der Waals surface area contributed by atoms with Crippen LogP contribution in [0.4, 0.5) is 0 Å². The maximum Gasteiger partial charge on any atom is 0.363 e. The highest BCUT2D eigenvalue weighted by molar-refractivity contribution is 9.10. The Bertz CT molecular complexity index is 841. The van der Waals surface area contributed by atoms with E-state index in [1.807, 2.05) is 36.4 Å². The summed E-state index contributed by atoms with van der Waals surface area (Å²) in [7, 11) is 3.10. The molecule has 0 atom stereocenters. The molecule has 2 aromatic carbocycles. The summed E-state index contributed by atoms with van der Waals surface area (Å²) in [6.45, 7) is 0. The number of para-hydroxylation sites is 1. The molecule has 2 aromatic rings. The Morgan fingerprint density at radius 2 is 1.83 bits per heavy atom. The number of cyclic esters (lactones) is 1. The molecule has 5 nitrogen and oxygen atoms in total. The van der Waals surface area contributed by atoms with Crippen LogP contribution in [0.15, 0.2) is 57.6 Å². The molecule has 0 aromatic heterocycles. The van der Waals surface area contributed by atoms with Gasteiger partial charge in [0.15, 0.2) is 17.2 Å². The van der Waals surface area contributed by atoms with Gasteiger partial charge in [-0.25, -0.2) is 9.79 Å². The van der Waals surface area contributed by atoms with Gasteiger partial charge in [0.05, 0.1) is 14.2 Å². The number of esters is 1. The molecular formula is C18H14BrNO4. The third-order valence-corrected chi connectivity index (χ3v) is 3.97. The SMILES string of the molecule is COc1cccc(C=C2N=C(c3ccc(Br)cc3)OC2=O)c1OC. The van der Waals surface area contributed by atoms with Crippen molar-refractivity contribution >= 4 is 33.9 Å². The van der Waals surface area contributed by atoms with Gasteiger partial charge in [-0.2, -0.15) is 0 Å². The van der Waals surface area contributed by atoms with Gasteiger partial charge in [-0.05, 0) is 36.4 Å². The second kappa shape index (κ2) is 6.88. The maximum absolute atomic E-state index is 12.1. The highest BCUT2D eigenvalue weighted by Crippen LogP contribution is 2.33. The molecular weight excluding hydrogens is 374 g/mol. The smallest absolute Gasteiger partial charge is 0.363 e. The number of halogens is 1. The lowest BCUT2D eigenvalue weighted by Gasteiger charge is -2.09. The molecule has 0 N–H and O–H groups in total. The molecule has 0 fully saturated rings. The first-order valence-electron chi connectivity index (χ1n) is 7.12. The van der Waals surface area contributed by atoms with Crippen LogP contribution in [0.2, 0.25) is 0 Å². The van der Waals surface area contributed by atoms with Crippen molar-refractivity contribution in [2.75, 3.05) is 14.2 Å². The third kappa shape index (κ3) is 3.19. The topological polar surface area (TPSA) is 57.1 Å². The van der Waals surface area contributed by atoms with E-state index in [0.29, 0.717) is 17.1 Å². The zero-order valence-electron chi connectivity index (χ0n) is 13.1. The summed E-state index contributed by atoms with van der Waals surface area (Å²) in [5.74, 6) is 0.890. The van der Waals surface area contributed by atoms with Crippen LogP contribution in [0, 0.1) is 0 Å². The molecule has 1 heterocycles. The second-order valence-corrected chi connectivity index (χ2v) is 5.84. The van der Waals surface area contributed by atoms with Crippen molar-refractivity contribution in [1.82, 2.24) is 0 Å². The quantitative estimate of drug-likeness (QED) is 0.591. The van der Waals surface area contributed by atoms with Crippen molar-refractivity contribution in [3.05, 3.63) is 63.8 Å². The van der Waals surface area contributed by atoms with Gasteiger partial charge in [0, 0.05) is 15.6 Å². The van der Waals surface area contributed by atoms with Gasteiger partial charge in [-0.15, -0.1) is 0 Å². The van der Waals surface area contributed by atoms with Crippen molar-refractivity contribution in [1.29, 1.82) is 0 Å². The van der Waals surface area contributed by atoms with Crippen LogP contribution in [0.1, 0.15) is 11.1 Å². The maximum atomic E-state index is 12.1. The van der Waals surface area contributed by atoms with Crippen LogP contribution in [-0.4, -0.2) is 26.1 Å². The van der Waals surface area contributed by atoms with E-state index in [1.54, 1.807) is 26.4 Å². The fourth-order valence-electron chi connectivity index (χ4n) is 2.30. The average molecular weight is 388 g/mol. The summed E-state index contributed by atoms with van der Waals surface area (Å²) in [5, 5.41) is 0. The largest absolute Gasteiger partial charge is 0.493 e. The molecule has 0 saturated heterocycles. The minimum absolute atomic E-state index is 0.208. The molecule has 0 radical (unpaired) electrons. The number of carbonyl (C=O) groups is 1. The van der Waals surface area contributed by atoms with E-state index < -0.39 is 5.97 Å².